The number of nitrogens with zero attached hydrogens (tertiary/aromatic N) is 4. The Hall–Kier alpha value is -3.20. The van der Waals surface area contributed by atoms with Crippen LogP contribution in [0, 0.1) is 5.92 Å². The first-order valence-electron chi connectivity index (χ1n) is 12.5. The van der Waals surface area contributed by atoms with Gasteiger partial charge in [-0.1, -0.05) is 18.2 Å². The molecule has 1 fully saturated rings. The molecule has 0 spiro atoms. The highest BCUT2D eigenvalue weighted by Crippen LogP contribution is 2.25. The molecule has 3 heterocycles. The predicted octanol–water partition coefficient (Wildman–Crippen LogP) is 5.70. The first kappa shape index (κ1) is 26.9. The summed E-state index contributed by atoms with van der Waals surface area (Å²) in [4.78, 5) is 35.4. The van der Waals surface area contributed by atoms with E-state index in [9.17, 15) is 9.59 Å². The SMILES string of the molecule is C[C@H](c1cccc(-c2ncc(OCC3CCN(C(=O)OC(C)(C)C)CC3)cn2)c1)n1cc(Br)ccc1=O. The van der Waals surface area contributed by atoms with Crippen molar-refractivity contribution in [1.29, 1.82) is 0 Å². The summed E-state index contributed by atoms with van der Waals surface area (Å²) in [6.45, 7) is 9.51. The zero-order chi connectivity index (χ0) is 26.6. The van der Waals surface area contributed by atoms with E-state index in [1.807, 2.05) is 52.0 Å². The smallest absolute Gasteiger partial charge is 0.410 e. The van der Waals surface area contributed by atoms with Crippen LogP contribution in [0.4, 0.5) is 4.79 Å². The van der Waals surface area contributed by atoms with Crippen molar-refractivity contribution in [2.45, 2.75) is 52.2 Å². The van der Waals surface area contributed by atoms with E-state index >= 15 is 0 Å². The first-order chi connectivity index (χ1) is 17.6. The van der Waals surface area contributed by atoms with Crippen LogP contribution in [0.3, 0.4) is 0 Å². The quantitative estimate of drug-likeness (QED) is 0.379. The van der Waals surface area contributed by atoms with E-state index in [0.29, 0.717) is 37.2 Å². The number of rotatable bonds is 6. The summed E-state index contributed by atoms with van der Waals surface area (Å²) in [7, 11) is 0. The van der Waals surface area contributed by atoms with E-state index in [4.69, 9.17) is 9.47 Å². The molecular weight excluding hydrogens is 536 g/mol. The number of aromatic nitrogens is 3. The number of halogens is 1. The van der Waals surface area contributed by atoms with Crippen LogP contribution in [0.15, 0.2) is 64.3 Å². The summed E-state index contributed by atoms with van der Waals surface area (Å²) in [5, 5.41) is 0. The molecule has 0 aliphatic carbocycles. The molecule has 1 aliphatic rings. The maximum absolute atomic E-state index is 12.3. The maximum atomic E-state index is 12.3. The van der Waals surface area contributed by atoms with E-state index in [1.54, 1.807) is 40.2 Å². The molecule has 1 amide bonds. The summed E-state index contributed by atoms with van der Waals surface area (Å²) in [5.41, 5.74) is 1.31. The summed E-state index contributed by atoms with van der Waals surface area (Å²) in [6, 6.07) is 11.0. The Morgan fingerprint density at radius 2 is 1.84 bits per heavy atom. The Morgan fingerprint density at radius 1 is 1.14 bits per heavy atom. The fourth-order valence-corrected chi connectivity index (χ4v) is 4.59. The molecule has 37 heavy (non-hydrogen) atoms. The number of carbonyl (C=O) groups excluding carboxylic acids is 1. The molecule has 0 bridgehead atoms. The lowest BCUT2D eigenvalue weighted by Gasteiger charge is -2.33. The summed E-state index contributed by atoms with van der Waals surface area (Å²) < 4.78 is 14.0. The van der Waals surface area contributed by atoms with Gasteiger partial charge in [0, 0.05) is 35.4 Å². The highest BCUT2D eigenvalue weighted by Gasteiger charge is 2.27. The van der Waals surface area contributed by atoms with Gasteiger partial charge in [0.15, 0.2) is 11.6 Å². The van der Waals surface area contributed by atoms with Crippen molar-refractivity contribution in [2.75, 3.05) is 19.7 Å². The van der Waals surface area contributed by atoms with Crippen molar-refractivity contribution in [3.8, 4) is 17.1 Å². The predicted molar refractivity (Wildman–Crippen MR) is 146 cm³/mol. The number of ether oxygens (including phenoxy) is 2. The van der Waals surface area contributed by atoms with Gasteiger partial charge in [-0.15, -0.1) is 0 Å². The number of amides is 1. The van der Waals surface area contributed by atoms with Crippen molar-refractivity contribution in [1.82, 2.24) is 19.4 Å². The third kappa shape index (κ3) is 7.19. The van der Waals surface area contributed by atoms with Crippen molar-refractivity contribution >= 4 is 22.0 Å². The standard InChI is InChI=1S/C28H33BrN4O4/c1-19(33-17-23(29)8-9-25(33)34)21-6-5-7-22(14-21)26-30-15-24(16-31-26)36-18-20-10-12-32(13-11-20)27(35)37-28(2,3)4/h5-9,14-17,19-20H,10-13,18H2,1-4H3/t19-/m1/s1. The van der Waals surface area contributed by atoms with Crippen molar-refractivity contribution < 1.29 is 14.3 Å². The Kier molecular flexibility index (Phi) is 8.32. The molecule has 2 aromatic heterocycles. The van der Waals surface area contributed by atoms with Crippen LogP contribution in [0.25, 0.3) is 11.4 Å². The van der Waals surface area contributed by atoms with E-state index in [0.717, 1.165) is 28.4 Å². The molecule has 0 unspecified atom stereocenters. The van der Waals surface area contributed by atoms with Gasteiger partial charge in [-0.2, -0.15) is 0 Å². The minimum Gasteiger partial charge on any atom is -0.490 e. The average Bonchev–Trinajstić information content (AvgIpc) is 2.88. The van der Waals surface area contributed by atoms with Gasteiger partial charge < -0.3 is 18.9 Å². The number of benzene rings is 1. The fourth-order valence-electron chi connectivity index (χ4n) is 4.24. The summed E-state index contributed by atoms with van der Waals surface area (Å²) in [5.74, 6) is 1.56. The van der Waals surface area contributed by atoms with Crippen LogP contribution in [-0.2, 0) is 4.74 Å². The average molecular weight is 570 g/mol. The molecule has 1 aliphatic heterocycles. The molecule has 9 heteroatoms. The number of hydrogen-bond donors (Lipinski definition) is 0. The van der Waals surface area contributed by atoms with E-state index in [-0.39, 0.29) is 17.7 Å². The lowest BCUT2D eigenvalue weighted by molar-refractivity contribution is 0.0165. The molecule has 4 rings (SSSR count). The number of likely N-dealkylation sites (tertiary alicyclic amines) is 1. The van der Waals surface area contributed by atoms with Crippen LogP contribution in [0.2, 0.25) is 0 Å². The van der Waals surface area contributed by atoms with Gasteiger partial charge in [0.05, 0.1) is 25.0 Å². The third-order valence-corrected chi connectivity index (χ3v) is 6.80. The number of carbonyl (C=O) groups is 1. The van der Waals surface area contributed by atoms with Gasteiger partial charge in [-0.05, 0) is 80.1 Å². The second-order valence-electron chi connectivity index (χ2n) is 10.4. The molecule has 1 aromatic carbocycles. The van der Waals surface area contributed by atoms with Crippen molar-refractivity contribution in [2.24, 2.45) is 5.92 Å². The minimum absolute atomic E-state index is 0.0608. The largest absolute Gasteiger partial charge is 0.490 e. The zero-order valence-corrected chi connectivity index (χ0v) is 23.3. The molecule has 0 radical (unpaired) electrons. The molecule has 3 aromatic rings. The molecule has 1 saturated heterocycles. The molecule has 0 N–H and O–H groups in total. The van der Waals surface area contributed by atoms with Gasteiger partial charge in [0.2, 0.25) is 0 Å². The molecule has 0 saturated carbocycles. The van der Waals surface area contributed by atoms with Crippen LogP contribution >= 0.6 is 15.9 Å². The normalized spacial score (nSPS) is 15.3. The van der Waals surface area contributed by atoms with Gasteiger partial charge >= 0.3 is 6.09 Å². The van der Waals surface area contributed by atoms with Crippen LogP contribution in [-0.4, -0.2) is 50.8 Å². The van der Waals surface area contributed by atoms with Gasteiger partial charge in [0.1, 0.15) is 5.60 Å². The zero-order valence-electron chi connectivity index (χ0n) is 21.7. The number of piperidine rings is 1. The molecule has 1 atom stereocenters. The third-order valence-electron chi connectivity index (χ3n) is 6.33. The highest BCUT2D eigenvalue weighted by atomic mass is 79.9. The lowest BCUT2D eigenvalue weighted by atomic mass is 9.98. The Labute approximate surface area is 225 Å². The highest BCUT2D eigenvalue weighted by molar-refractivity contribution is 9.10. The van der Waals surface area contributed by atoms with Crippen LogP contribution < -0.4 is 10.3 Å². The number of hydrogen-bond acceptors (Lipinski definition) is 6. The molecule has 8 nitrogen and oxygen atoms in total. The second kappa shape index (κ2) is 11.5. The fraction of sp³-hybridized carbons (Fsp3) is 0.429. The summed E-state index contributed by atoms with van der Waals surface area (Å²) in [6.07, 6.45) is 6.65. The van der Waals surface area contributed by atoms with Crippen molar-refractivity contribution in [3.05, 3.63) is 75.4 Å². The summed E-state index contributed by atoms with van der Waals surface area (Å²) >= 11 is 3.44. The Morgan fingerprint density at radius 3 is 2.51 bits per heavy atom. The monoisotopic (exact) mass is 568 g/mol. The Bertz CT molecular complexity index is 1280. The lowest BCUT2D eigenvalue weighted by Crippen LogP contribution is -2.42. The van der Waals surface area contributed by atoms with E-state index in [2.05, 4.69) is 25.9 Å². The van der Waals surface area contributed by atoms with Crippen molar-refractivity contribution in [3.63, 3.8) is 0 Å². The number of pyridine rings is 1. The first-order valence-corrected chi connectivity index (χ1v) is 13.3. The van der Waals surface area contributed by atoms with Gasteiger partial charge in [0.25, 0.3) is 5.56 Å². The second-order valence-corrected chi connectivity index (χ2v) is 11.3. The van der Waals surface area contributed by atoms with Gasteiger partial charge in [-0.3, -0.25) is 4.79 Å². The van der Waals surface area contributed by atoms with Gasteiger partial charge in [-0.25, -0.2) is 14.8 Å². The maximum Gasteiger partial charge on any atom is 0.410 e. The molecule has 196 valence electrons. The molecular formula is C28H33BrN4O4. The Balaban J connectivity index is 1.33. The topological polar surface area (TPSA) is 86.5 Å². The minimum atomic E-state index is -0.485. The van der Waals surface area contributed by atoms with Crippen LogP contribution in [0.1, 0.15) is 52.1 Å². The van der Waals surface area contributed by atoms with Crippen LogP contribution in [0.5, 0.6) is 5.75 Å². The van der Waals surface area contributed by atoms with E-state index in [1.165, 1.54) is 0 Å². The van der Waals surface area contributed by atoms with E-state index < -0.39 is 5.60 Å².